The summed E-state index contributed by atoms with van der Waals surface area (Å²) in [4.78, 5) is 37.4. The number of hydrogen-bond acceptors (Lipinski definition) is 6. The summed E-state index contributed by atoms with van der Waals surface area (Å²) in [6.07, 6.45) is 6.36. The molecule has 10 heteroatoms. The molecule has 3 aromatic heterocycles. The van der Waals surface area contributed by atoms with E-state index in [2.05, 4.69) is 39.2 Å². The van der Waals surface area contributed by atoms with Gasteiger partial charge in [-0.3, -0.25) is 13.9 Å². The molecule has 0 saturated carbocycles. The molecule has 180 valence electrons. The van der Waals surface area contributed by atoms with Gasteiger partial charge in [-0.25, -0.2) is 4.79 Å². The molecule has 0 spiro atoms. The van der Waals surface area contributed by atoms with Crippen LogP contribution in [0, 0.1) is 0 Å². The molecular weight excluding hydrogens is 456 g/mol. The number of H-pyrrole nitrogens is 1. The van der Waals surface area contributed by atoms with Gasteiger partial charge in [0.15, 0.2) is 17.0 Å². The molecule has 0 bridgehead atoms. The number of fused-ring (bicyclic) bond motifs is 1. The van der Waals surface area contributed by atoms with Gasteiger partial charge in [-0.1, -0.05) is 55.3 Å². The summed E-state index contributed by atoms with van der Waals surface area (Å²) in [5.74, 6) is 1.26. The van der Waals surface area contributed by atoms with Crippen LogP contribution in [0.25, 0.3) is 11.2 Å². The van der Waals surface area contributed by atoms with E-state index in [1.807, 2.05) is 18.2 Å². The second kappa shape index (κ2) is 11.3. The molecule has 0 atom stereocenters. The fourth-order valence-electron chi connectivity index (χ4n) is 4.00. The molecule has 0 saturated heterocycles. The average molecular weight is 485 g/mol. The zero-order valence-corrected chi connectivity index (χ0v) is 20.1. The molecular formula is C24H29ClN6O3. The van der Waals surface area contributed by atoms with Crippen molar-refractivity contribution in [3.05, 3.63) is 73.7 Å². The molecule has 4 aromatic rings. The molecule has 3 heterocycles. The average Bonchev–Trinajstić information content (AvgIpc) is 3.46. The quantitative estimate of drug-likeness (QED) is 0.241. The highest BCUT2D eigenvalue weighted by atomic mass is 35.5. The standard InChI is InChI=1S/C24H29ClN6O3/c1-2-3-8-15-30-21-20(27-23(25)28-21)22(32)31(24(30)33)16-9-7-12-18-26-19(34-29-18)14-13-17-10-5-4-6-11-17/h4-6,10-11H,2-3,7-9,12-16H2,1H3,(H,27,28). The maximum absolute atomic E-state index is 13.1. The maximum atomic E-state index is 13.1. The van der Waals surface area contributed by atoms with Crippen LogP contribution in [-0.4, -0.2) is 29.2 Å². The van der Waals surface area contributed by atoms with Crippen molar-refractivity contribution in [1.29, 1.82) is 0 Å². The number of hydrogen-bond donors (Lipinski definition) is 1. The number of benzene rings is 1. The van der Waals surface area contributed by atoms with Gasteiger partial charge in [0.25, 0.3) is 5.56 Å². The van der Waals surface area contributed by atoms with Crippen molar-refractivity contribution in [2.45, 2.75) is 71.4 Å². The van der Waals surface area contributed by atoms with Gasteiger partial charge in [-0.2, -0.15) is 9.97 Å². The van der Waals surface area contributed by atoms with Crippen LogP contribution in [0.5, 0.6) is 0 Å². The number of aromatic amines is 1. The van der Waals surface area contributed by atoms with Gasteiger partial charge in [0, 0.05) is 25.9 Å². The Kier molecular flexibility index (Phi) is 7.95. The van der Waals surface area contributed by atoms with Crippen molar-refractivity contribution < 1.29 is 4.52 Å². The van der Waals surface area contributed by atoms with E-state index in [1.165, 1.54) is 10.1 Å². The minimum absolute atomic E-state index is 0.105. The zero-order valence-electron chi connectivity index (χ0n) is 19.3. The van der Waals surface area contributed by atoms with Crippen molar-refractivity contribution in [1.82, 2.24) is 29.2 Å². The molecule has 1 aromatic carbocycles. The molecule has 0 fully saturated rings. The van der Waals surface area contributed by atoms with E-state index in [0.29, 0.717) is 49.7 Å². The zero-order chi connectivity index (χ0) is 23.9. The van der Waals surface area contributed by atoms with Crippen molar-refractivity contribution in [3.8, 4) is 0 Å². The number of nitrogens with one attached hydrogen (secondary N) is 1. The first-order valence-electron chi connectivity index (χ1n) is 11.8. The molecule has 0 aliphatic heterocycles. The van der Waals surface area contributed by atoms with E-state index < -0.39 is 5.56 Å². The van der Waals surface area contributed by atoms with Gasteiger partial charge in [0.05, 0.1) is 0 Å². The van der Waals surface area contributed by atoms with Crippen LogP contribution in [0.15, 0.2) is 44.4 Å². The highest BCUT2D eigenvalue weighted by Crippen LogP contribution is 2.12. The van der Waals surface area contributed by atoms with Crippen molar-refractivity contribution in [3.63, 3.8) is 0 Å². The van der Waals surface area contributed by atoms with Crippen LogP contribution >= 0.6 is 11.6 Å². The lowest BCUT2D eigenvalue weighted by Crippen LogP contribution is -2.40. The van der Waals surface area contributed by atoms with E-state index in [0.717, 1.165) is 32.1 Å². The highest BCUT2D eigenvalue weighted by molar-refractivity contribution is 6.28. The first-order valence-corrected chi connectivity index (χ1v) is 12.2. The van der Waals surface area contributed by atoms with E-state index in [1.54, 1.807) is 4.57 Å². The molecule has 4 rings (SSSR count). The number of nitrogens with zero attached hydrogens (tertiary/aromatic N) is 5. The van der Waals surface area contributed by atoms with Crippen molar-refractivity contribution in [2.75, 3.05) is 0 Å². The molecule has 0 radical (unpaired) electrons. The lowest BCUT2D eigenvalue weighted by Gasteiger charge is -2.11. The van der Waals surface area contributed by atoms with Crippen molar-refractivity contribution in [2.24, 2.45) is 0 Å². The maximum Gasteiger partial charge on any atom is 0.332 e. The van der Waals surface area contributed by atoms with Crippen LogP contribution in [0.4, 0.5) is 0 Å². The summed E-state index contributed by atoms with van der Waals surface area (Å²) in [5, 5.41) is 4.16. The Labute approximate surface area is 201 Å². The second-order valence-corrected chi connectivity index (χ2v) is 8.73. The minimum atomic E-state index is -0.395. The van der Waals surface area contributed by atoms with E-state index in [4.69, 9.17) is 16.1 Å². The number of aryl methyl sites for hydroxylation is 4. The number of imidazole rings is 1. The Balaban J connectivity index is 1.37. The number of halogens is 1. The fourth-order valence-corrected chi connectivity index (χ4v) is 4.17. The Hall–Kier alpha value is -3.20. The van der Waals surface area contributed by atoms with Crippen LogP contribution in [0.3, 0.4) is 0 Å². The van der Waals surface area contributed by atoms with E-state index >= 15 is 0 Å². The summed E-state index contributed by atoms with van der Waals surface area (Å²) >= 11 is 5.99. The molecule has 0 amide bonds. The van der Waals surface area contributed by atoms with Crippen LogP contribution in [-0.2, 0) is 32.4 Å². The largest absolute Gasteiger partial charge is 0.339 e. The molecule has 34 heavy (non-hydrogen) atoms. The number of rotatable bonds is 12. The Morgan fingerprint density at radius 2 is 1.71 bits per heavy atom. The third-order valence-corrected chi connectivity index (χ3v) is 6.01. The summed E-state index contributed by atoms with van der Waals surface area (Å²) in [6.45, 7) is 2.90. The minimum Gasteiger partial charge on any atom is -0.339 e. The van der Waals surface area contributed by atoms with E-state index in [-0.39, 0.29) is 16.5 Å². The summed E-state index contributed by atoms with van der Waals surface area (Å²) in [6, 6.07) is 10.2. The van der Waals surface area contributed by atoms with Crippen LogP contribution in [0.2, 0.25) is 5.28 Å². The molecule has 0 unspecified atom stereocenters. The van der Waals surface area contributed by atoms with Crippen LogP contribution in [0.1, 0.15) is 56.3 Å². The van der Waals surface area contributed by atoms with E-state index in [9.17, 15) is 9.59 Å². The fraction of sp³-hybridized carbons (Fsp3) is 0.458. The van der Waals surface area contributed by atoms with Gasteiger partial charge in [-0.05, 0) is 42.8 Å². The first-order chi connectivity index (χ1) is 16.6. The molecule has 0 aliphatic rings. The number of aromatic nitrogens is 6. The predicted octanol–water partition coefficient (Wildman–Crippen LogP) is 3.92. The molecule has 9 nitrogen and oxygen atoms in total. The second-order valence-electron chi connectivity index (χ2n) is 8.37. The highest BCUT2D eigenvalue weighted by Gasteiger charge is 2.17. The lowest BCUT2D eigenvalue weighted by atomic mass is 10.1. The van der Waals surface area contributed by atoms with Crippen LogP contribution < -0.4 is 11.2 Å². The molecule has 1 N–H and O–H groups in total. The molecule has 0 aliphatic carbocycles. The Morgan fingerprint density at radius 3 is 2.50 bits per heavy atom. The third kappa shape index (κ3) is 5.64. The number of unbranched alkanes of at least 4 members (excludes halogenated alkanes) is 3. The van der Waals surface area contributed by atoms with Crippen molar-refractivity contribution >= 4 is 22.8 Å². The van der Waals surface area contributed by atoms with Gasteiger partial charge in [-0.15, -0.1) is 0 Å². The summed E-state index contributed by atoms with van der Waals surface area (Å²) in [5.41, 5.74) is 1.07. The lowest BCUT2D eigenvalue weighted by molar-refractivity contribution is 0.372. The summed E-state index contributed by atoms with van der Waals surface area (Å²) in [7, 11) is 0. The monoisotopic (exact) mass is 484 g/mol. The topological polar surface area (TPSA) is 112 Å². The Bertz CT molecular complexity index is 1340. The SMILES string of the molecule is CCCCCn1c(=O)n(CCCCc2noc(CCc3ccccc3)n2)c(=O)c2[nH]c(Cl)nc21. The van der Waals surface area contributed by atoms with Gasteiger partial charge < -0.3 is 9.51 Å². The Morgan fingerprint density at radius 1 is 0.941 bits per heavy atom. The van der Waals surface area contributed by atoms with Gasteiger partial charge in [0.2, 0.25) is 11.2 Å². The predicted molar refractivity (Wildman–Crippen MR) is 130 cm³/mol. The third-order valence-electron chi connectivity index (χ3n) is 5.83. The first kappa shape index (κ1) is 23.9. The normalized spacial score (nSPS) is 11.5. The smallest absolute Gasteiger partial charge is 0.332 e. The van der Waals surface area contributed by atoms with Gasteiger partial charge >= 0.3 is 5.69 Å². The van der Waals surface area contributed by atoms with Gasteiger partial charge in [0.1, 0.15) is 0 Å². The summed E-state index contributed by atoms with van der Waals surface area (Å²) < 4.78 is 8.18.